The minimum atomic E-state index is -0.231. The van der Waals surface area contributed by atoms with Crippen LogP contribution in [0, 0.1) is 0 Å². The summed E-state index contributed by atoms with van der Waals surface area (Å²) in [6.07, 6.45) is 5.17. The molecule has 0 aliphatic heterocycles. The van der Waals surface area contributed by atoms with Crippen molar-refractivity contribution in [2.24, 2.45) is 5.73 Å². The molecule has 4 nitrogen and oxygen atoms in total. The summed E-state index contributed by atoms with van der Waals surface area (Å²) >= 11 is 0. The van der Waals surface area contributed by atoms with E-state index in [9.17, 15) is 9.90 Å². The quantitative estimate of drug-likeness (QED) is 0.534. The molecule has 0 radical (unpaired) electrons. The van der Waals surface area contributed by atoms with Crippen molar-refractivity contribution < 1.29 is 9.90 Å². The van der Waals surface area contributed by atoms with Crippen LogP contribution >= 0.6 is 0 Å². The van der Waals surface area contributed by atoms with Crippen LogP contribution in [0.5, 0.6) is 0 Å². The van der Waals surface area contributed by atoms with Crippen LogP contribution in [0.4, 0.5) is 0 Å². The molecule has 0 aromatic carbocycles. The van der Waals surface area contributed by atoms with Gasteiger partial charge in [0.05, 0.1) is 6.10 Å². The van der Waals surface area contributed by atoms with Crippen molar-refractivity contribution in [1.82, 2.24) is 5.32 Å². The van der Waals surface area contributed by atoms with Gasteiger partial charge in [0.25, 0.3) is 0 Å². The Kier molecular flexibility index (Phi) is 4.90. The smallest absolute Gasteiger partial charge is 0.217 e. The minimum Gasteiger partial charge on any atom is -0.392 e. The van der Waals surface area contributed by atoms with Crippen LogP contribution in [0.25, 0.3) is 0 Å². The largest absolute Gasteiger partial charge is 0.392 e. The monoisotopic (exact) mass is 200 g/mol. The Labute approximate surface area is 84.9 Å². The highest BCUT2D eigenvalue weighted by molar-refractivity contribution is 5.73. The molecule has 1 aliphatic carbocycles. The van der Waals surface area contributed by atoms with Crippen molar-refractivity contribution in [3.63, 3.8) is 0 Å². The summed E-state index contributed by atoms with van der Waals surface area (Å²) in [5, 5.41) is 12.8. The van der Waals surface area contributed by atoms with Gasteiger partial charge in [-0.15, -0.1) is 0 Å². The van der Waals surface area contributed by atoms with E-state index in [1.165, 1.54) is 0 Å². The van der Waals surface area contributed by atoms with Crippen molar-refractivity contribution in [1.29, 1.82) is 0 Å². The van der Waals surface area contributed by atoms with E-state index in [1.807, 2.05) is 0 Å². The molecule has 0 aromatic rings. The van der Waals surface area contributed by atoms with E-state index in [0.29, 0.717) is 6.42 Å². The number of primary amides is 1. The Morgan fingerprint density at radius 1 is 1.43 bits per heavy atom. The third kappa shape index (κ3) is 4.07. The van der Waals surface area contributed by atoms with Crippen molar-refractivity contribution in [2.45, 2.75) is 50.7 Å². The van der Waals surface area contributed by atoms with Gasteiger partial charge in [-0.3, -0.25) is 4.79 Å². The molecule has 0 aromatic heterocycles. The number of carbonyl (C=O) groups excluding carboxylic acids is 1. The highest BCUT2D eigenvalue weighted by atomic mass is 16.3. The normalized spacial score (nSPS) is 26.6. The Balaban J connectivity index is 1.95. The maximum absolute atomic E-state index is 10.4. The molecule has 4 N–H and O–H groups in total. The van der Waals surface area contributed by atoms with E-state index >= 15 is 0 Å². The highest BCUT2D eigenvalue weighted by Gasteiger charge is 2.23. The number of rotatable bonds is 6. The molecular weight excluding hydrogens is 180 g/mol. The lowest BCUT2D eigenvalue weighted by Gasteiger charge is -2.15. The lowest BCUT2D eigenvalue weighted by atomic mass is 10.2. The van der Waals surface area contributed by atoms with Gasteiger partial charge >= 0.3 is 0 Å². The van der Waals surface area contributed by atoms with E-state index < -0.39 is 0 Å². The number of aliphatic hydroxyl groups is 1. The average Bonchev–Trinajstić information content (AvgIpc) is 2.51. The zero-order valence-corrected chi connectivity index (χ0v) is 8.54. The van der Waals surface area contributed by atoms with Crippen LogP contribution in [-0.2, 0) is 4.79 Å². The molecule has 0 bridgehead atoms. The van der Waals surface area contributed by atoms with E-state index in [0.717, 1.165) is 38.6 Å². The van der Waals surface area contributed by atoms with E-state index in [2.05, 4.69) is 5.32 Å². The van der Waals surface area contributed by atoms with Crippen molar-refractivity contribution in [3.8, 4) is 0 Å². The number of unbranched alkanes of at least 4 members (excludes halogenated alkanes) is 1. The van der Waals surface area contributed by atoms with Gasteiger partial charge in [0.1, 0.15) is 0 Å². The zero-order valence-electron chi connectivity index (χ0n) is 8.54. The van der Waals surface area contributed by atoms with Crippen molar-refractivity contribution >= 4 is 5.91 Å². The SMILES string of the molecule is NC(=O)CCCCN[C@H]1CCC[C@@H]1O. The molecule has 14 heavy (non-hydrogen) atoms. The first-order chi connectivity index (χ1) is 6.70. The highest BCUT2D eigenvalue weighted by Crippen LogP contribution is 2.18. The number of aliphatic hydroxyl groups excluding tert-OH is 1. The third-order valence-corrected chi connectivity index (χ3v) is 2.74. The predicted octanol–water partition coefficient (Wildman–Crippen LogP) is 0.145. The van der Waals surface area contributed by atoms with Gasteiger partial charge in [-0.1, -0.05) is 0 Å². The first-order valence-electron chi connectivity index (χ1n) is 5.40. The van der Waals surface area contributed by atoms with Gasteiger partial charge in [0, 0.05) is 12.5 Å². The van der Waals surface area contributed by atoms with Crippen LogP contribution < -0.4 is 11.1 Å². The van der Waals surface area contributed by atoms with E-state index in [1.54, 1.807) is 0 Å². The minimum absolute atomic E-state index is 0.175. The molecule has 82 valence electrons. The number of carbonyl (C=O) groups is 1. The molecule has 1 amide bonds. The molecular formula is C10H20N2O2. The standard InChI is InChI=1S/C10H20N2O2/c11-10(14)6-1-2-7-12-8-4-3-5-9(8)13/h8-9,12-13H,1-7H2,(H2,11,14)/t8-,9-/m0/s1. The van der Waals surface area contributed by atoms with Gasteiger partial charge in [0.2, 0.25) is 5.91 Å². The van der Waals surface area contributed by atoms with E-state index in [-0.39, 0.29) is 18.1 Å². The fraction of sp³-hybridized carbons (Fsp3) is 0.900. The first-order valence-corrected chi connectivity index (χ1v) is 5.40. The van der Waals surface area contributed by atoms with Crippen molar-refractivity contribution in [3.05, 3.63) is 0 Å². The first kappa shape index (κ1) is 11.5. The van der Waals surface area contributed by atoms with Crippen LogP contribution in [0.1, 0.15) is 38.5 Å². The maximum Gasteiger partial charge on any atom is 0.217 e. The molecule has 2 atom stereocenters. The summed E-state index contributed by atoms with van der Waals surface area (Å²) in [4.78, 5) is 10.4. The van der Waals surface area contributed by atoms with Gasteiger partial charge in [0.15, 0.2) is 0 Å². The average molecular weight is 200 g/mol. The molecule has 0 spiro atoms. The zero-order chi connectivity index (χ0) is 10.4. The van der Waals surface area contributed by atoms with Crippen LogP contribution in [0.15, 0.2) is 0 Å². The predicted molar refractivity (Wildman–Crippen MR) is 54.7 cm³/mol. The Bertz CT molecular complexity index is 185. The Morgan fingerprint density at radius 3 is 2.79 bits per heavy atom. The fourth-order valence-electron chi connectivity index (χ4n) is 1.89. The Morgan fingerprint density at radius 2 is 2.21 bits per heavy atom. The lowest BCUT2D eigenvalue weighted by Crippen LogP contribution is -2.36. The summed E-state index contributed by atoms with van der Waals surface area (Å²) in [7, 11) is 0. The summed E-state index contributed by atoms with van der Waals surface area (Å²) < 4.78 is 0. The molecule has 0 unspecified atom stereocenters. The molecule has 1 saturated carbocycles. The topological polar surface area (TPSA) is 75.4 Å². The third-order valence-electron chi connectivity index (χ3n) is 2.74. The maximum atomic E-state index is 10.4. The second kappa shape index (κ2) is 5.98. The second-order valence-corrected chi connectivity index (χ2v) is 3.98. The number of nitrogens with one attached hydrogen (secondary N) is 1. The summed E-state index contributed by atoms with van der Waals surface area (Å²) in [6.45, 7) is 0.870. The second-order valence-electron chi connectivity index (χ2n) is 3.98. The van der Waals surface area contributed by atoms with Crippen LogP contribution in [0.2, 0.25) is 0 Å². The molecule has 1 fully saturated rings. The molecule has 0 heterocycles. The van der Waals surface area contributed by atoms with E-state index in [4.69, 9.17) is 5.73 Å². The number of nitrogens with two attached hydrogens (primary N) is 1. The molecule has 4 heteroatoms. The van der Waals surface area contributed by atoms with Crippen LogP contribution in [-0.4, -0.2) is 29.7 Å². The summed E-state index contributed by atoms with van der Waals surface area (Å²) in [5.41, 5.74) is 5.02. The van der Waals surface area contributed by atoms with Gasteiger partial charge in [-0.2, -0.15) is 0 Å². The molecule has 1 aliphatic rings. The molecule has 1 rings (SSSR count). The van der Waals surface area contributed by atoms with Crippen molar-refractivity contribution in [2.75, 3.05) is 6.54 Å². The summed E-state index contributed by atoms with van der Waals surface area (Å²) in [5.74, 6) is -0.231. The Hall–Kier alpha value is -0.610. The number of amides is 1. The number of hydrogen-bond donors (Lipinski definition) is 3. The van der Waals surface area contributed by atoms with Crippen LogP contribution in [0.3, 0.4) is 0 Å². The summed E-state index contributed by atoms with van der Waals surface area (Å²) in [6, 6.07) is 0.267. The van der Waals surface area contributed by atoms with Gasteiger partial charge in [-0.05, 0) is 38.6 Å². The number of hydrogen-bond acceptors (Lipinski definition) is 3. The lowest BCUT2D eigenvalue weighted by molar-refractivity contribution is -0.118. The van der Waals surface area contributed by atoms with Gasteiger partial charge in [-0.25, -0.2) is 0 Å². The fourth-order valence-corrected chi connectivity index (χ4v) is 1.89. The van der Waals surface area contributed by atoms with Gasteiger partial charge < -0.3 is 16.2 Å². The molecule has 0 saturated heterocycles.